The lowest BCUT2D eigenvalue weighted by Gasteiger charge is -2.11. The number of benzene rings is 4. The molecule has 0 aliphatic heterocycles. The summed E-state index contributed by atoms with van der Waals surface area (Å²) in [6.45, 7) is 0. The molecular weight excluding hydrogens is 378 g/mol. The van der Waals surface area contributed by atoms with Crippen LogP contribution in [0.1, 0.15) is 10.4 Å². The number of carbonyl (C=O) groups excluding carboxylic acids is 1. The van der Waals surface area contributed by atoms with Gasteiger partial charge in [-0.05, 0) is 47.9 Å². The number of hydrogen-bond donors (Lipinski definition) is 2. The number of carbonyl (C=O) groups is 1. The minimum Gasteiger partial charge on any atom is -0.505 e. The molecule has 0 spiro atoms. The van der Waals surface area contributed by atoms with E-state index in [-0.39, 0.29) is 17.0 Å². The predicted octanol–water partition coefficient (Wildman–Crippen LogP) is 6.22. The monoisotopic (exact) mass is 397 g/mol. The summed E-state index contributed by atoms with van der Waals surface area (Å²) in [7, 11) is 1.59. The Morgan fingerprint density at radius 1 is 0.900 bits per heavy atom. The highest BCUT2D eigenvalue weighted by atomic mass is 16.5. The normalized spacial score (nSPS) is 11.0. The molecule has 0 fully saturated rings. The molecule has 6 nitrogen and oxygen atoms in total. The number of nitrogens with one attached hydrogen (secondary N) is 1. The van der Waals surface area contributed by atoms with E-state index in [1.165, 1.54) is 0 Å². The first-order valence-corrected chi connectivity index (χ1v) is 9.32. The Morgan fingerprint density at radius 2 is 1.60 bits per heavy atom. The van der Waals surface area contributed by atoms with Crippen LogP contribution in [0.2, 0.25) is 0 Å². The second kappa shape index (κ2) is 8.45. The second-order valence-electron chi connectivity index (χ2n) is 6.56. The van der Waals surface area contributed by atoms with E-state index in [2.05, 4.69) is 15.5 Å². The van der Waals surface area contributed by atoms with E-state index in [0.717, 1.165) is 5.39 Å². The van der Waals surface area contributed by atoms with Gasteiger partial charge in [-0.15, -0.1) is 5.11 Å². The van der Waals surface area contributed by atoms with E-state index in [1.54, 1.807) is 49.6 Å². The number of ether oxygens (including phenoxy) is 1. The number of azo groups is 1. The molecule has 148 valence electrons. The summed E-state index contributed by atoms with van der Waals surface area (Å²) in [4.78, 5) is 12.8. The van der Waals surface area contributed by atoms with Crippen molar-refractivity contribution in [3.63, 3.8) is 0 Å². The summed E-state index contributed by atoms with van der Waals surface area (Å²) in [5, 5.41) is 23.6. The van der Waals surface area contributed by atoms with Crippen molar-refractivity contribution in [2.24, 2.45) is 10.2 Å². The van der Waals surface area contributed by atoms with Crippen molar-refractivity contribution in [3.05, 3.63) is 90.5 Å². The molecule has 2 N–H and O–H groups in total. The van der Waals surface area contributed by atoms with Crippen molar-refractivity contribution >= 4 is 33.7 Å². The van der Waals surface area contributed by atoms with Crippen molar-refractivity contribution in [2.45, 2.75) is 0 Å². The van der Waals surface area contributed by atoms with Gasteiger partial charge >= 0.3 is 0 Å². The van der Waals surface area contributed by atoms with Crippen LogP contribution < -0.4 is 10.1 Å². The van der Waals surface area contributed by atoms with Crippen molar-refractivity contribution in [2.75, 3.05) is 12.4 Å². The van der Waals surface area contributed by atoms with Crippen LogP contribution in [0.5, 0.6) is 11.5 Å². The number of methoxy groups -OCH3 is 1. The molecule has 30 heavy (non-hydrogen) atoms. The van der Waals surface area contributed by atoms with E-state index in [4.69, 9.17) is 4.74 Å². The molecule has 0 radical (unpaired) electrons. The average molecular weight is 397 g/mol. The fourth-order valence-electron chi connectivity index (χ4n) is 3.07. The zero-order valence-electron chi connectivity index (χ0n) is 16.2. The molecule has 4 rings (SSSR count). The lowest BCUT2D eigenvalue weighted by Crippen LogP contribution is -2.12. The molecule has 1 amide bonds. The molecule has 0 unspecified atom stereocenters. The van der Waals surface area contributed by atoms with Gasteiger partial charge in [-0.25, -0.2) is 0 Å². The fraction of sp³-hybridized carbons (Fsp3) is 0.0417. The van der Waals surface area contributed by atoms with Crippen molar-refractivity contribution in [3.8, 4) is 11.5 Å². The Morgan fingerprint density at radius 3 is 2.33 bits per heavy atom. The SMILES string of the molecule is COc1ccc(N=Nc2c(O)c(C(=O)Nc3ccccc3)cc3ccccc23)cc1. The van der Waals surface area contributed by atoms with Gasteiger partial charge in [0.25, 0.3) is 5.91 Å². The summed E-state index contributed by atoms with van der Waals surface area (Å²) < 4.78 is 5.14. The fourth-order valence-corrected chi connectivity index (χ4v) is 3.07. The largest absolute Gasteiger partial charge is 0.505 e. The summed E-state index contributed by atoms with van der Waals surface area (Å²) in [6, 6.07) is 25.2. The van der Waals surface area contributed by atoms with Gasteiger partial charge in [0.1, 0.15) is 11.4 Å². The topological polar surface area (TPSA) is 83.3 Å². The molecule has 0 saturated carbocycles. The standard InChI is InChI=1S/C24H19N3O3/c1-30-19-13-11-18(12-14-19)26-27-22-20-10-6-5-7-16(20)15-21(23(22)28)24(29)25-17-8-3-2-4-9-17/h2-15,28H,1H3,(H,25,29). The summed E-state index contributed by atoms with van der Waals surface area (Å²) >= 11 is 0. The molecule has 0 aliphatic rings. The molecule has 4 aromatic carbocycles. The van der Waals surface area contributed by atoms with Crippen molar-refractivity contribution < 1.29 is 14.6 Å². The third-order valence-electron chi connectivity index (χ3n) is 4.61. The van der Waals surface area contributed by atoms with Crippen LogP contribution in [-0.2, 0) is 0 Å². The first-order valence-electron chi connectivity index (χ1n) is 9.32. The highest BCUT2D eigenvalue weighted by Crippen LogP contribution is 2.39. The Bertz CT molecular complexity index is 1220. The van der Waals surface area contributed by atoms with Gasteiger partial charge in [0, 0.05) is 11.1 Å². The third-order valence-corrected chi connectivity index (χ3v) is 4.61. The zero-order chi connectivity index (χ0) is 20.9. The van der Waals surface area contributed by atoms with Gasteiger partial charge < -0.3 is 15.2 Å². The number of anilines is 1. The number of nitrogens with zero attached hydrogens (tertiary/aromatic N) is 2. The first-order chi connectivity index (χ1) is 14.7. The molecule has 4 aromatic rings. The zero-order valence-corrected chi connectivity index (χ0v) is 16.2. The van der Waals surface area contributed by atoms with Gasteiger partial charge in [0.15, 0.2) is 5.75 Å². The Balaban J connectivity index is 1.75. The number of rotatable bonds is 5. The summed E-state index contributed by atoms with van der Waals surface area (Å²) in [5.74, 6) is 0.0616. The van der Waals surface area contributed by atoms with E-state index in [9.17, 15) is 9.90 Å². The van der Waals surface area contributed by atoms with Gasteiger partial charge in [0.05, 0.1) is 18.4 Å². The van der Waals surface area contributed by atoms with Crippen molar-refractivity contribution in [1.29, 1.82) is 0 Å². The van der Waals surface area contributed by atoms with Crippen LogP contribution in [0.25, 0.3) is 10.8 Å². The van der Waals surface area contributed by atoms with Crippen LogP contribution in [0.15, 0.2) is 95.2 Å². The summed E-state index contributed by atoms with van der Waals surface area (Å²) in [6.07, 6.45) is 0. The van der Waals surface area contributed by atoms with Gasteiger partial charge in [-0.2, -0.15) is 5.11 Å². The molecule has 6 heteroatoms. The first kappa shape index (κ1) is 19.1. The number of amides is 1. The van der Waals surface area contributed by atoms with Crippen LogP contribution in [0.3, 0.4) is 0 Å². The van der Waals surface area contributed by atoms with Gasteiger partial charge in [0.2, 0.25) is 0 Å². The van der Waals surface area contributed by atoms with E-state index < -0.39 is 5.91 Å². The minimum absolute atomic E-state index is 0.126. The smallest absolute Gasteiger partial charge is 0.259 e. The molecule has 0 atom stereocenters. The second-order valence-corrected chi connectivity index (χ2v) is 6.56. The molecule has 0 bridgehead atoms. The predicted molar refractivity (Wildman–Crippen MR) is 117 cm³/mol. The molecule has 0 aromatic heterocycles. The number of aromatic hydroxyl groups is 1. The van der Waals surface area contributed by atoms with Crippen molar-refractivity contribution in [1.82, 2.24) is 0 Å². The maximum Gasteiger partial charge on any atom is 0.259 e. The molecule has 0 saturated heterocycles. The Kier molecular flexibility index (Phi) is 5.39. The van der Waals surface area contributed by atoms with Crippen LogP contribution >= 0.6 is 0 Å². The van der Waals surface area contributed by atoms with Crippen LogP contribution in [-0.4, -0.2) is 18.1 Å². The molecular formula is C24H19N3O3. The maximum atomic E-state index is 12.8. The summed E-state index contributed by atoms with van der Waals surface area (Å²) in [5.41, 5.74) is 1.60. The highest BCUT2D eigenvalue weighted by Gasteiger charge is 2.18. The lowest BCUT2D eigenvalue weighted by atomic mass is 10.0. The van der Waals surface area contributed by atoms with E-state index in [1.807, 2.05) is 42.5 Å². The number of phenols is 1. The Labute approximate surface area is 173 Å². The van der Waals surface area contributed by atoms with Gasteiger partial charge in [-0.3, -0.25) is 4.79 Å². The van der Waals surface area contributed by atoms with E-state index >= 15 is 0 Å². The number of para-hydroxylation sites is 1. The lowest BCUT2D eigenvalue weighted by molar-refractivity contribution is 0.102. The number of phenolic OH excluding ortho intramolecular Hbond substituents is 1. The Hall–Kier alpha value is -4.19. The van der Waals surface area contributed by atoms with Crippen LogP contribution in [0, 0.1) is 0 Å². The highest BCUT2D eigenvalue weighted by molar-refractivity contribution is 6.11. The third kappa shape index (κ3) is 3.98. The molecule has 0 heterocycles. The number of hydrogen-bond acceptors (Lipinski definition) is 5. The minimum atomic E-state index is -0.426. The number of fused-ring (bicyclic) bond motifs is 1. The van der Waals surface area contributed by atoms with E-state index in [0.29, 0.717) is 22.5 Å². The quantitative estimate of drug-likeness (QED) is 0.392. The average Bonchev–Trinajstić information content (AvgIpc) is 2.79. The molecule has 0 aliphatic carbocycles. The maximum absolute atomic E-state index is 12.8. The van der Waals surface area contributed by atoms with Crippen LogP contribution in [0.4, 0.5) is 17.1 Å². The van der Waals surface area contributed by atoms with Gasteiger partial charge in [-0.1, -0.05) is 42.5 Å².